The molecule has 1 atom stereocenters. The van der Waals surface area contributed by atoms with Gasteiger partial charge in [-0.3, -0.25) is 0 Å². The monoisotopic (exact) mass is 158 g/mol. The Labute approximate surface area is 50.9 Å². The Morgan fingerprint density at radius 1 is 1.88 bits per heavy atom. The van der Waals surface area contributed by atoms with Crippen LogP contribution in [0, 0.1) is 0 Å². The lowest BCUT2D eigenvalue weighted by Crippen LogP contribution is -2.02. The second kappa shape index (κ2) is 3.50. The zero-order chi connectivity index (χ0) is 6.62. The predicted octanol–water partition coefficient (Wildman–Crippen LogP) is -0.391. The van der Waals surface area contributed by atoms with Crippen molar-refractivity contribution in [1.29, 1.82) is 0 Å². The molecule has 0 heterocycles. The molecule has 0 aliphatic carbocycles. The Morgan fingerprint density at radius 3 is 2.50 bits per heavy atom. The van der Waals surface area contributed by atoms with Crippen LogP contribution in [0.15, 0.2) is 0 Å². The molecule has 0 radical (unpaired) electrons. The molecule has 0 aliphatic heterocycles. The highest BCUT2D eigenvalue weighted by Crippen LogP contribution is 2.31. The van der Waals surface area contributed by atoms with E-state index in [4.69, 9.17) is 10.2 Å². The Morgan fingerprint density at radius 2 is 2.38 bits per heavy atom. The molecule has 0 bridgehead atoms. The summed E-state index contributed by atoms with van der Waals surface area (Å²) < 4.78 is 3.25. The van der Waals surface area contributed by atoms with E-state index in [0.29, 0.717) is 16.7 Å². The van der Waals surface area contributed by atoms with Gasteiger partial charge in [0.25, 0.3) is 0 Å². The van der Waals surface area contributed by atoms with Crippen molar-refractivity contribution in [2.24, 2.45) is 0 Å². The molecular weight excluding hydrogens is 151 g/mol. The average Bonchev–Trinajstić information content (AvgIpc) is 1.67. The molecule has 0 fully saturated rings. The summed E-state index contributed by atoms with van der Waals surface area (Å²) in [6.45, 7) is -2.01. The largest absolute Gasteiger partial charge is 0.740 e. The molecule has 0 spiro atoms. The first-order valence-electron chi connectivity index (χ1n) is 1.93. The third kappa shape index (κ3) is 3.49. The van der Waals surface area contributed by atoms with Crippen LogP contribution in [0.2, 0.25) is 0 Å². The zero-order valence-corrected chi connectivity index (χ0v) is 5.98. The summed E-state index contributed by atoms with van der Waals surface area (Å²) in [4.78, 5) is 18.6. The van der Waals surface area contributed by atoms with E-state index in [2.05, 4.69) is 4.67 Å². The van der Waals surface area contributed by atoms with Crippen molar-refractivity contribution in [2.75, 3.05) is 5.75 Å². The fourth-order valence-electron chi connectivity index (χ4n) is 0.187. The summed E-state index contributed by atoms with van der Waals surface area (Å²) in [5.74, 6) is 0.439. The van der Waals surface area contributed by atoms with E-state index in [1.165, 1.54) is 0 Å². The molecule has 6 heteroatoms. The molecule has 0 aromatic heterocycles. The standard InChI is InChI=1S/C2H7O4PS/c1-2-8-7(4,5)6-3/h2H2,1H3,(H2-,3,4,5). The Hall–Kier alpha value is 0.490. The fraction of sp³-hybridized carbons (Fsp3) is 1.00. The van der Waals surface area contributed by atoms with Gasteiger partial charge < -0.3 is 9.79 Å². The van der Waals surface area contributed by atoms with Crippen LogP contribution >= 0.6 is 6.72 Å². The average molecular weight is 158 g/mol. The number of hydrogen-bond acceptors (Lipinski definition) is 3. The summed E-state index contributed by atoms with van der Waals surface area (Å²) in [5, 5.41) is 7.69. The SMILES string of the molecule is CC[S+]=P([O-])(O)OO. The van der Waals surface area contributed by atoms with Crippen LogP contribution in [0.4, 0.5) is 0 Å². The van der Waals surface area contributed by atoms with E-state index in [0.717, 1.165) is 0 Å². The maximum atomic E-state index is 10.2. The minimum atomic E-state index is -3.70. The highest BCUT2D eigenvalue weighted by Gasteiger charge is 2.09. The fourth-order valence-corrected chi connectivity index (χ4v) is 1.68. The van der Waals surface area contributed by atoms with E-state index in [-0.39, 0.29) is 0 Å². The van der Waals surface area contributed by atoms with Gasteiger partial charge in [-0.2, -0.15) is 0 Å². The molecule has 0 aromatic rings. The van der Waals surface area contributed by atoms with Crippen molar-refractivity contribution in [1.82, 2.24) is 0 Å². The van der Waals surface area contributed by atoms with Gasteiger partial charge in [-0.05, 0) is 6.92 Å². The van der Waals surface area contributed by atoms with Crippen molar-refractivity contribution >= 4 is 17.7 Å². The lowest BCUT2D eigenvalue weighted by atomic mass is 11.0. The van der Waals surface area contributed by atoms with Gasteiger partial charge in [0, 0.05) is 0 Å². The maximum absolute atomic E-state index is 10.2. The van der Waals surface area contributed by atoms with Crippen molar-refractivity contribution in [3.63, 3.8) is 0 Å². The van der Waals surface area contributed by atoms with Gasteiger partial charge in [0.05, 0.1) is 0 Å². The first kappa shape index (κ1) is 8.49. The number of rotatable bonds is 2. The van der Waals surface area contributed by atoms with E-state index in [1.807, 2.05) is 0 Å². The first-order chi connectivity index (χ1) is 3.62. The first-order valence-corrected chi connectivity index (χ1v) is 5.09. The predicted molar refractivity (Wildman–Crippen MR) is 30.8 cm³/mol. The lowest BCUT2D eigenvalue weighted by molar-refractivity contribution is -0.260. The number of hydrogen-bond donors (Lipinski definition) is 2. The molecule has 2 N–H and O–H groups in total. The smallest absolute Gasteiger partial charge is 0.343 e. The molecule has 1 unspecified atom stereocenters. The second-order valence-electron chi connectivity index (χ2n) is 0.968. The molecule has 0 saturated heterocycles. The summed E-state index contributed by atoms with van der Waals surface area (Å²) in [6.07, 6.45) is 0. The Bertz CT molecular complexity index is 107. The van der Waals surface area contributed by atoms with Crippen LogP contribution < -0.4 is 4.89 Å². The minimum Gasteiger partial charge on any atom is -0.740 e. The molecule has 0 aliphatic rings. The molecule has 0 rings (SSSR count). The highest BCUT2D eigenvalue weighted by molar-refractivity contribution is 8.16. The summed E-state index contributed by atoms with van der Waals surface area (Å²) in [6, 6.07) is 0. The summed E-state index contributed by atoms with van der Waals surface area (Å²) >= 11 is 0. The highest BCUT2D eigenvalue weighted by atomic mass is 32.5. The van der Waals surface area contributed by atoms with Crippen molar-refractivity contribution in [3.05, 3.63) is 0 Å². The van der Waals surface area contributed by atoms with Gasteiger partial charge in [0.1, 0.15) is 0 Å². The van der Waals surface area contributed by atoms with Gasteiger partial charge in [0.15, 0.2) is 16.7 Å². The molecule has 8 heavy (non-hydrogen) atoms. The maximum Gasteiger partial charge on any atom is 0.343 e. The van der Waals surface area contributed by atoms with Gasteiger partial charge >= 0.3 is 6.72 Å². The molecule has 4 nitrogen and oxygen atoms in total. The van der Waals surface area contributed by atoms with Crippen LogP contribution in [-0.2, 0) is 15.6 Å². The van der Waals surface area contributed by atoms with E-state index in [1.54, 1.807) is 6.92 Å². The van der Waals surface area contributed by atoms with Gasteiger partial charge in [-0.1, -0.05) is 0 Å². The summed E-state index contributed by atoms with van der Waals surface area (Å²) in [5.41, 5.74) is 0. The molecule has 50 valence electrons. The lowest BCUT2D eigenvalue weighted by Gasteiger charge is -2.05. The molecule has 0 saturated carbocycles. The normalized spacial score (nSPS) is 17.5. The van der Waals surface area contributed by atoms with Crippen LogP contribution in [0.1, 0.15) is 6.92 Å². The van der Waals surface area contributed by atoms with Crippen LogP contribution in [0.25, 0.3) is 0 Å². The van der Waals surface area contributed by atoms with Crippen LogP contribution in [0.3, 0.4) is 0 Å². The third-order valence-corrected chi connectivity index (χ3v) is 3.14. The zero-order valence-electron chi connectivity index (χ0n) is 4.27. The summed E-state index contributed by atoms with van der Waals surface area (Å²) in [7, 11) is 0.672. The van der Waals surface area contributed by atoms with Crippen molar-refractivity contribution in [3.8, 4) is 0 Å². The van der Waals surface area contributed by atoms with Gasteiger partial charge in [-0.15, -0.1) is 4.67 Å². The Balaban J connectivity index is 3.88. The Kier molecular flexibility index (Phi) is 3.72. The van der Waals surface area contributed by atoms with Gasteiger partial charge in [0.2, 0.25) is 0 Å². The van der Waals surface area contributed by atoms with Crippen LogP contribution in [0.5, 0.6) is 0 Å². The van der Waals surface area contributed by atoms with Crippen molar-refractivity contribution < 1.29 is 19.7 Å². The molecule has 0 aromatic carbocycles. The molecular formula is C2H7O4PS. The topological polar surface area (TPSA) is 72.8 Å². The van der Waals surface area contributed by atoms with E-state index >= 15 is 0 Å². The quantitative estimate of drug-likeness (QED) is 0.248. The minimum absolute atomic E-state index is 0.439. The van der Waals surface area contributed by atoms with Gasteiger partial charge in [-0.25, -0.2) is 5.26 Å². The van der Waals surface area contributed by atoms with Crippen LogP contribution in [-0.4, -0.2) is 15.9 Å². The molecule has 0 amide bonds. The van der Waals surface area contributed by atoms with Crippen molar-refractivity contribution in [2.45, 2.75) is 6.92 Å². The third-order valence-electron chi connectivity index (χ3n) is 0.395. The van der Waals surface area contributed by atoms with E-state index in [9.17, 15) is 4.89 Å². The second-order valence-corrected chi connectivity index (χ2v) is 5.06. The van der Waals surface area contributed by atoms with E-state index < -0.39 is 6.72 Å².